The first kappa shape index (κ1) is 14.3. The van der Waals surface area contributed by atoms with E-state index < -0.39 is 0 Å². The van der Waals surface area contributed by atoms with Crippen LogP contribution < -0.4 is 5.73 Å². The number of hydrogen-bond acceptors (Lipinski definition) is 3. The maximum atomic E-state index is 6.16. The molecule has 1 aliphatic carbocycles. The molecule has 2 fully saturated rings. The Labute approximate surface area is 112 Å². The highest BCUT2D eigenvalue weighted by Gasteiger charge is 2.44. The van der Waals surface area contributed by atoms with Crippen LogP contribution in [0.25, 0.3) is 0 Å². The van der Waals surface area contributed by atoms with Gasteiger partial charge in [0, 0.05) is 25.7 Å². The topological polar surface area (TPSA) is 38.5 Å². The first-order valence-corrected chi connectivity index (χ1v) is 7.63. The highest BCUT2D eigenvalue weighted by molar-refractivity contribution is 5.01. The van der Waals surface area contributed by atoms with Crippen molar-refractivity contribution in [3.8, 4) is 0 Å². The van der Waals surface area contributed by atoms with Crippen LogP contribution in [0.3, 0.4) is 0 Å². The molecule has 0 spiro atoms. The van der Waals surface area contributed by atoms with E-state index in [4.69, 9.17) is 10.5 Å². The van der Waals surface area contributed by atoms with Gasteiger partial charge in [-0.25, -0.2) is 0 Å². The minimum absolute atomic E-state index is 0.275. The number of methoxy groups -OCH3 is 1. The molecular weight excluding hydrogens is 224 g/mol. The van der Waals surface area contributed by atoms with E-state index in [0.29, 0.717) is 12.0 Å². The van der Waals surface area contributed by atoms with Crippen molar-refractivity contribution in [1.29, 1.82) is 0 Å². The lowest BCUT2D eigenvalue weighted by Crippen LogP contribution is -2.58. The molecule has 0 bridgehead atoms. The molecule has 0 aromatic carbocycles. The number of rotatable bonds is 4. The van der Waals surface area contributed by atoms with Gasteiger partial charge >= 0.3 is 0 Å². The molecule has 4 atom stereocenters. The number of piperidine rings is 1. The Balaban J connectivity index is 2.04. The fourth-order valence-corrected chi connectivity index (χ4v) is 3.94. The Morgan fingerprint density at radius 3 is 2.72 bits per heavy atom. The van der Waals surface area contributed by atoms with Crippen LogP contribution in [-0.4, -0.2) is 43.3 Å². The minimum atomic E-state index is 0.275. The largest absolute Gasteiger partial charge is 0.380 e. The van der Waals surface area contributed by atoms with Crippen LogP contribution in [0.2, 0.25) is 0 Å². The second kappa shape index (κ2) is 5.89. The molecule has 0 amide bonds. The Bertz CT molecular complexity index is 271. The van der Waals surface area contributed by atoms with Gasteiger partial charge in [0.2, 0.25) is 0 Å². The van der Waals surface area contributed by atoms with Crippen molar-refractivity contribution in [3.05, 3.63) is 0 Å². The van der Waals surface area contributed by atoms with Gasteiger partial charge in [0.25, 0.3) is 0 Å². The van der Waals surface area contributed by atoms with Gasteiger partial charge in [-0.2, -0.15) is 0 Å². The van der Waals surface area contributed by atoms with Crippen LogP contribution in [0.5, 0.6) is 0 Å². The molecule has 3 nitrogen and oxygen atoms in total. The number of nitrogens with zero attached hydrogens (tertiary/aromatic N) is 1. The van der Waals surface area contributed by atoms with Gasteiger partial charge in [0.05, 0.1) is 6.10 Å². The Kier molecular flexibility index (Phi) is 4.68. The van der Waals surface area contributed by atoms with Crippen molar-refractivity contribution in [1.82, 2.24) is 4.90 Å². The van der Waals surface area contributed by atoms with E-state index >= 15 is 0 Å². The molecule has 2 aliphatic rings. The van der Waals surface area contributed by atoms with Gasteiger partial charge in [-0.05, 0) is 44.1 Å². The van der Waals surface area contributed by atoms with Crippen LogP contribution in [0.15, 0.2) is 0 Å². The quantitative estimate of drug-likeness (QED) is 0.836. The van der Waals surface area contributed by atoms with Crippen LogP contribution in [0, 0.1) is 11.8 Å². The fourth-order valence-electron chi connectivity index (χ4n) is 3.94. The van der Waals surface area contributed by atoms with Crippen LogP contribution >= 0.6 is 0 Å². The number of likely N-dealkylation sites (tertiary alicyclic amines) is 1. The molecule has 4 unspecified atom stereocenters. The molecule has 2 rings (SSSR count). The van der Waals surface area contributed by atoms with Gasteiger partial charge in [-0.3, -0.25) is 4.90 Å². The third-order valence-corrected chi connectivity index (χ3v) is 5.51. The van der Waals surface area contributed by atoms with E-state index in [9.17, 15) is 0 Å². The normalized spacial score (nSPS) is 42.3. The third-order valence-electron chi connectivity index (χ3n) is 5.51. The summed E-state index contributed by atoms with van der Waals surface area (Å²) < 4.78 is 5.65. The second-order valence-corrected chi connectivity index (χ2v) is 6.43. The molecule has 1 saturated carbocycles. The Hall–Kier alpha value is -0.120. The minimum Gasteiger partial charge on any atom is -0.380 e. The molecule has 3 heteroatoms. The predicted molar refractivity (Wildman–Crippen MR) is 75.6 cm³/mol. The highest BCUT2D eigenvalue weighted by Crippen LogP contribution is 2.41. The van der Waals surface area contributed by atoms with Gasteiger partial charge in [0.15, 0.2) is 0 Å². The lowest BCUT2D eigenvalue weighted by Gasteiger charge is -2.47. The van der Waals surface area contributed by atoms with Crippen molar-refractivity contribution < 1.29 is 4.74 Å². The first-order chi connectivity index (χ1) is 8.65. The maximum Gasteiger partial charge on any atom is 0.0724 e. The first-order valence-electron chi connectivity index (χ1n) is 7.63. The number of ether oxygens (including phenoxy) is 1. The summed E-state index contributed by atoms with van der Waals surface area (Å²) in [4.78, 5) is 2.65. The van der Waals surface area contributed by atoms with Crippen LogP contribution in [-0.2, 0) is 4.74 Å². The van der Waals surface area contributed by atoms with Crippen molar-refractivity contribution in [2.24, 2.45) is 17.6 Å². The zero-order valence-electron chi connectivity index (χ0n) is 12.3. The molecule has 0 aromatic rings. The van der Waals surface area contributed by atoms with Crippen molar-refractivity contribution in [2.75, 3.05) is 26.7 Å². The fraction of sp³-hybridized carbons (Fsp3) is 1.00. The second-order valence-electron chi connectivity index (χ2n) is 6.43. The van der Waals surface area contributed by atoms with E-state index in [0.717, 1.165) is 19.0 Å². The van der Waals surface area contributed by atoms with E-state index in [1.54, 1.807) is 0 Å². The van der Waals surface area contributed by atoms with Crippen molar-refractivity contribution >= 4 is 0 Å². The van der Waals surface area contributed by atoms with Gasteiger partial charge in [-0.15, -0.1) is 0 Å². The van der Waals surface area contributed by atoms with Crippen molar-refractivity contribution in [3.63, 3.8) is 0 Å². The van der Waals surface area contributed by atoms with Crippen LogP contribution in [0.1, 0.15) is 46.0 Å². The summed E-state index contributed by atoms with van der Waals surface area (Å²) in [5, 5.41) is 0. The molecule has 106 valence electrons. The average Bonchev–Trinajstić information content (AvgIpc) is 2.84. The molecular formula is C15H30N2O. The Morgan fingerprint density at radius 1 is 1.39 bits per heavy atom. The lowest BCUT2D eigenvalue weighted by atomic mass is 9.87. The number of nitrogens with two attached hydrogens (primary N) is 1. The molecule has 0 aromatic heterocycles. The maximum absolute atomic E-state index is 6.16. The highest BCUT2D eigenvalue weighted by atomic mass is 16.5. The molecule has 1 saturated heterocycles. The van der Waals surface area contributed by atoms with Crippen molar-refractivity contribution in [2.45, 2.75) is 57.6 Å². The summed E-state index contributed by atoms with van der Waals surface area (Å²) in [5.41, 5.74) is 6.43. The monoisotopic (exact) mass is 254 g/mol. The SMILES string of the molecule is CCC1CCC(CN)(N2CCC(C)C(OC)C2)C1. The summed E-state index contributed by atoms with van der Waals surface area (Å²) >= 11 is 0. The molecule has 2 N–H and O–H groups in total. The smallest absolute Gasteiger partial charge is 0.0724 e. The van der Waals surface area contributed by atoms with E-state index in [2.05, 4.69) is 18.7 Å². The van der Waals surface area contributed by atoms with E-state index in [1.165, 1.54) is 38.6 Å². The number of hydrogen-bond donors (Lipinski definition) is 1. The van der Waals surface area contributed by atoms with E-state index in [-0.39, 0.29) is 5.54 Å². The average molecular weight is 254 g/mol. The summed E-state index contributed by atoms with van der Waals surface area (Å²) in [6, 6.07) is 0. The molecule has 1 aliphatic heterocycles. The Morgan fingerprint density at radius 2 is 2.17 bits per heavy atom. The summed E-state index contributed by atoms with van der Waals surface area (Å²) in [7, 11) is 1.85. The van der Waals surface area contributed by atoms with Gasteiger partial charge in [-0.1, -0.05) is 20.3 Å². The zero-order chi connectivity index (χ0) is 13.2. The zero-order valence-corrected chi connectivity index (χ0v) is 12.3. The lowest BCUT2D eigenvalue weighted by molar-refractivity contribution is -0.0441. The summed E-state index contributed by atoms with van der Waals surface area (Å²) in [6.07, 6.45) is 6.88. The summed E-state index contributed by atoms with van der Waals surface area (Å²) in [6.45, 7) is 7.71. The standard InChI is InChI=1S/C15H30N2O/c1-4-13-5-7-15(9-13,11-16)17-8-6-12(2)14(10-17)18-3/h12-14H,4-11,16H2,1-3H3. The van der Waals surface area contributed by atoms with Crippen LogP contribution in [0.4, 0.5) is 0 Å². The van der Waals surface area contributed by atoms with E-state index in [1.807, 2.05) is 7.11 Å². The van der Waals surface area contributed by atoms with Gasteiger partial charge in [0.1, 0.15) is 0 Å². The molecule has 1 heterocycles. The predicted octanol–water partition coefficient (Wildman–Crippen LogP) is 2.25. The third kappa shape index (κ3) is 2.59. The molecule has 0 radical (unpaired) electrons. The summed E-state index contributed by atoms with van der Waals surface area (Å²) in [5.74, 6) is 1.57. The molecule has 18 heavy (non-hydrogen) atoms. The van der Waals surface area contributed by atoms with Gasteiger partial charge < -0.3 is 10.5 Å².